The number of imidazole rings is 1. The average molecular weight is 474 g/mol. The van der Waals surface area contributed by atoms with Gasteiger partial charge in [-0.25, -0.2) is 9.37 Å². The number of nitrogens with zero attached hydrogens (tertiary/aromatic N) is 2. The lowest BCUT2D eigenvalue weighted by Gasteiger charge is -2.15. The smallest absolute Gasteiger partial charge is 0.304 e. The maximum atomic E-state index is 14.1. The van der Waals surface area contributed by atoms with E-state index in [1.54, 1.807) is 6.07 Å². The first-order chi connectivity index (χ1) is 17.0. The number of benzene rings is 3. The van der Waals surface area contributed by atoms with E-state index in [1.165, 1.54) is 12.1 Å². The number of anilines is 1. The molecule has 0 saturated heterocycles. The summed E-state index contributed by atoms with van der Waals surface area (Å²) in [6, 6.07) is 16.3. The second kappa shape index (κ2) is 8.30. The highest BCUT2D eigenvalue weighted by Gasteiger charge is 2.30. The number of carboxylic acids is 1. The molecule has 2 aliphatic rings. The Hall–Kier alpha value is -4.07. The third-order valence-corrected chi connectivity index (χ3v) is 6.69. The van der Waals surface area contributed by atoms with Gasteiger partial charge in [-0.15, -0.1) is 0 Å². The Bertz CT molecular complexity index is 1460. The molecule has 4 aromatic rings. The van der Waals surface area contributed by atoms with Gasteiger partial charge in [0.2, 0.25) is 0 Å². The van der Waals surface area contributed by atoms with Gasteiger partial charge < -0.3 is 19.9 Å². The normalized spacial score (nSPS) is 18.1. The molecule has 2 N–H and O–H groups in total. The standard InChI is InChI=1S/C27H24FN3O4/c1-2-25-30-20-9-6-16(28)11-23(20)31(25)22-5-3-4-19-21(14-35-27(19)22)29-17-7-8-18-15(10-26(32)33)13-34-24(18)12-17/h3-9,11-12,15,21,29H,2,10,13-14H2,1H3,(H,32,33)/t15-,21+/m1/s1. The molecule has 35 heavy (non-hydrogen) atoms. The molecule has 0 spiro atoms. The minimum absolute atomic E-state index is 0.0545. The Morgan fingerprint density at radius 1 is 1.14 bits per heavy atom. The number of carbonyl (C=O) groups is 1. The minimum atomic E-state index is -0.830. The van der Waals surface area contributed by atoms with Gasteiger partial charge in [0.25, 0.3) is 0 Å². The van der Waals surface area contributed by atoms with Gasteiger partial charge in [-0.05, 0) is 24.3 Å². The third-order valence-electron chi connectivity index (χ3n) is 6.69. The lowest BCUT2D eigenvalue weighted by molar-refractivity contribution is -0.137. The number of aromatic nitrogens is 2. The third kappa shape index (κ3) is 3.65. The molecule has 0 radical (unpaired) electrons. The minimum Gasteiger partial charge on any atom is -0.493 e. The van der Waals surface area contributed by atoms with Gasteiger partial charge in [0, 0.05) is 41.3 Å². The second-order valence-electron chi connectivity index (χ2n) is 8.91. The number of para-hydroxylation sites is 1. The van der Waals surface area contributed by atoms with E-state index >= 15 is 0 Å². The molecule has 0 saturated carbocycles. The van der Waals surface area contributed by atoms with E-state index in [0.29, 0.717) is 30.9 Å². The molecule has 2 aliphatic heterocycles. The Labute approximate surface area is 201 Å². The molecule has 0 bridgehead atoms. The van der Waals surface area contributed by atoms with Crippen LogP contribution in [0.1, 0.15) is 42.3 Å². The van der Waals surface area contributed by atoms with Gasteiger partial charge in [0.1, 0.15) is 29.7 Å². The summed E-state index contributed by atoms with van der Waals surface area (Å²) in [6.45, 7) is 2.84. The first-order valence-corrected chi connectivity index (χ1v) is 11.7. The molecule has 1 aromatic heterocycles. The molecule has 3 aromatic carbocycles. The number of fused-ring (bicyclic) bond motifs is 3. The average Bonchev–Trinajstić information content (AvgIpc) is 3.54. The van der Waals surface area contributed by atoms with Crippen LogP contribution < -0.4 is 14.8 Å². The number of rotatable bonds is 6. The van der Waals surface area contributed by atoms with Crippen LogP contribution in [0.15, 0.2) is 54.6 Å². The van der Waals surface area contributed by atoms with Crippen LogP contribution in [0, 0.1) is 5.82 Å². The van der Waals surface area contributed by atoms with Gasteiger partial charge in [-0.1, -0.05) is 25.1 Å². The van der Waals surface area contributed by atoms with Crippen molar-refractivity contribution < 1.29 is 23.8 Å². The summed E-state index contributed by atoms with van der Waals surface area (Å²) in [5, 5.41) is 12.7. The summed E-state index contributed by atoms with van der Waals surface area (Å²) >= 11 is 0. The number of nitrogens with one attached hydrogen (secondary N) is 1. The van der Waals surface area contributed by atoms with Crippen molar-refractivity contribution in [3.05, 3.63) is 77.4 Å². The molecule has 0 unspecified atom stereocenters. The van der Waals surface area contributed by atoms with E-state index in [0.717, 1.165) is 39.6 Å². The van der Waals surface area contributed by atoms with Crippen LogP contribution in [0.5, 0.6) is 11.5 Å². The largest absolute Gasteiger partial charge is 0.493 e. The summed E-state index contributed by atoms with van der Waals surface area (Å²) in [5.41, 5.74) is 5.10. The number of ether oxygens (including phenoxy) is 2. The van der Waals surface area contributed by atoms with Crippen molar-refractivity contribution in [1.82, 2.24) is 9.55 Å². The fourth-order valence-corrected chi connectivity index (χ4v) is 5.08. The zero-order valence-corrected chi connectivity index (χ0v) is 19.1. The molecular formula is C27H24FN3O4. The van der Waals surface area contributed by atoms with Crippen LogP contribution in [-0.2, 0) is 11.2 Å². The quantitative estimate of drug-likeness (QED) is 0.399. The SMILES string of the molecule is CCc1nc2ccc(F)cc2n1-c1cccc2c1OC[C@@H]2Nc1ccc2c(c1)OC[C@H]2CC(=O)O. The molecule has 3 heterocycles. The van der Waals surface area contributed by atoms with Crippen LogP contribution in [0.25, 0.3) is 16.7 Å². The summed E-state index contributed by atoms with van der Waals surface area (Å²) < 4.78 is 28.0. The zero-order valence-electron chi connectivity index (χ0n) is 19.1. The summed E-state index contributed by atoms with van der Waals surface area (Å²) in [6.07, 6.45) is 0.749. The van der Waals surface area contributed by atoms with E-state index in [9.17, 15) is 9.18 Å². The van der Waals surface area contributed by atoms with Crippen LogP contribution in [0.4, 0.5) is 10.1 Å². The van der Waals surface area contributed by atoms with E-state index in [2.05, 4.69) is 5.32 Å². The highest BCUT2D eigenvalue weighted by molar-refractivity contribution is 5.79. The van der Waals surface area contributed by atoms with Gasteiger partial charge in [-0.2, -0.15) is 0 Å². The van der Waals surface area contributed by atoms with Crippen molar-refractivity contribution in [2.75, 3.05) is 18.5 Å². The van der Waals surface area contributed by atoms with Gasteiger partial charge in [-0.3, -0.25) is 9.36 Å². The maximum Gasteiger partial charge on any atom is 0.304 e. The maximum absolute atomic E-state index is 14.1. The Balaban J connectivity index is 1.33. The Morgan fingerprint density at radius 2 is 2.03 bits per heavy atom. The molecule has 0 amide bonds. The predicted octanol–water partition coefficient (Wildman–Crippen LogP) is 5.22. The van der Waals surface area contributed by atoms with E-state index in [1.807, 2.05) is 47.9 Å². The van der Waals surface area contributed by atoms with Crippen molar-refractivity contribution >= 4 is 22.7 Å². The molecule has 178 valence electrons. The first-order valence-electron chi connectivity index (χ1n) is 11.7. The second-order valence-corrected chi connectivity index (χ2v) is 8.91. The number of aliphatic carboxylic acids is 1. The van der Waals surface area contributed by atoms with Gasteiger partial charge in [0.05, 0.1) is 35.8 Å². The highest BCUT2D eigenvalue weighted by Crippen LogP contribution is 2.42. The molecular weight excluding hydrogens is 449 g/mol. The fraction of sp³-hybridized carbons (Fsp3) is 0.259. The Kier molecular flexibility index (Phi) is 5.09. The van der Waals surface area contributed by atoms with Crippen LogP contribution in [0.2, 0.25) is 0 Å². The summed E-state index contributed by atoms with van der Waals surface area (Å²) in [5.74, 6) is 1.04. The topological polar surface area (TPSA) is 85.6 Å². The zero-order chi connectivity index (χ0) is 24.1. The van der Waals surface area contributed by atoms with E-state index in [-0.39, 0.29) is 24.2 Å². The van der Waals surface area contributed by atoms with Gasteiger partial charge >= 0.3 is 5.97 Å². The molecule has 2 atom stereocenters. The molecule has 8 heteroatoms. The Morgan fingerprint density at radius 3 is 2.86 bits per heavy atom. The molecule has 0 fully saturated rings. The predicted molar refractivity (Wildman–Crippen MR) is 129 cm³/mol. The van der Waals surface area contributed by atoms with E-state index in [4.69, 9.17) is 19.6 Å². The molecule has 0 aliphatic carbocycles. The number of aryl methyl sites for hydroxylation is 1. The number of halogens is 1. The number of hydrogen-bond donors (Lipinski definition) is 2. The fourth-order valence-electron chi connectivity index (χ4n) is 5.08. The summed E-state index contributed by atoms with van der Waals surface area (Å²) in [4.78, 5) is 15.8. The number of carboxylic acid groups (broad SMARTS) is 1. The van der Waals surface area contributed by atoms with Crippen molar-refractivity contribution in [2.45, 2.75) is 31.7 Å². The van der Waals surface area contributed by atoms with Crippen molar-refractivity contribution in [2.24, 2.45) is 0 Å². The number of hydrogen-bond acceptors (Lipinski definition) is 5. The first kappa shape index (κ1) is 21.5. The van der Waals surface area contributed by atoms with E-state index < -0.39 is 5.97 Å². The van der Waals surface area contributed by atoms with Crippen LogP contribution >= 0.6 is 0 Å². The van der Waals surface area contributed by atoms with Crippen LogP contribution in [-0.4, -0.2) is 33.8 Å². The lowest BCUT2D eigenvalue weighted by Crippen LogP contribution is -2.11. The molecule has 7 nitrogen and oxygen atoms in total. The van der Waals surface area contributed by atoms with Crippen molar-refractivity contribution in [1.29, 1.82) is 0 Å². The monoisotopic (exact) mass is 473 g/mol. The van der Waals surface area contributed by atoms with Crippen molar-refractivity contribution in [3.8, 4) is 17.2 Å². The van der Waals surface area contributed by atoms with Gasteiger partial charge in [0.15, 0.2) is 0 Å². The molecule has 6 rings (SSSR count). The lowest BCUT2D eigenvalue weighted by atomic mass is 9.97. The van der Waals surface area contributed by atoms with Crippen molar-refractivity contribution in [3.63, 3.8) is 0 Å². The summed E-state index contributed by atoms with van der Waals surface area (Å²) in [7, 11) is 0. The highest BCUT2D eigenvalue weighted by atomic mass is 19.1. The van der Waals surface area contributed by atoms with Crippen LogP contribution in [0.3, 0.4) is 0 Å².